The van der Waals surface area contributed by atoms with Crippen molar-refractivity contribution < 1.29 is 18.9 Å². The van der Waals surface area contributed by atoms with Gasteiger partial charge in [0.15, 0.2) is 6.10 Å². The summed E-state index contributed by atoms with van der Waals surface area (Å²) in [5.74, 6) is 0.667. The van der Waals surface area contributed by atoms with E-state index in [9.17, 15) is 0 Å². The van der Waals surface area contributed by atoms with Crippen molar-refractivity contribution in [3.05, 3.63) is 133 Å². The Morgan fingerprint density at radius 1 is 0.730 bits per heavy atom. The van der Waals surface area contributed by atoms with Crippen LogP contribution in [0.15, 0.2) is 116 Å². The molecule has 4 nitrogen and oxygen atoms in total. The van der Waals surface area contributed by atoms with Gasteiger partial charge < -0.3 is 18.9 Å². The molecule has 3 atom stereocenters. The zero-order chi connectivity index (χ0) is 26.5. The lowest BCUT2D eigenvalue weighted by Crippen LogP contribution is -2.44. The van der Waals surface area contributed by atoms with E-state index < -0.39 is 18.3 Å². The third-order valence-electron chi connectivity index (χ3n) is 6.02. The summed E-state index contributed by atoms with van der Waals surface area (Å²) in [6.45, 7) is 16.1. The molecule has 0 radical (unpaired) electrons. The Morgan fingerprint density at radius 3 is 1.65 bits per heavy atom. The number of hydrogen-bond acceptors (Lipinski definition) is 4. The molecule has 0 aliphatic heterocycles. The Kier molecular flexibility index (Phi) is 11.2. The molecule has 0 amide bonds. The molecule has 0 N–H and O–H groups in total. The molecule has 37 heavy (non-hydrogen) atoms. The molecule has 3 aromatic rings. The van der Waals surface area contributed by atoms with Gasteiger partial charge in [0.05, 0.1) is 32.2 Å². The van der Waals surface area contributed by atoms with Crippen molar-refractivity contribution in [1.29, 1.82) is 0 Å². The van der Waals surface area contributed by atoms with Crippen LogP contribution in [0.25, 0.3) is 0 Å². The van der Waals surface area contributed by atoms with Crippen molar-refractivity contribution in [2.24, 2.45) is 5.41 Å². The van der Waals surface area contributed by atoms with Gasteiger partial charge in [-0.25, -0.2) is 0 Å². The van der Waals surface area contributed by atoms with E-state index in [0.29, 0.717) is 32.2 Å². The van der Waals surface area contributed by atoms with Crippen molar-refractivity contribution in [3.8, 4) is 0 Å². The molecule has 4 heteroatoms. The Bertz CT molecular complexity index is 1060. The second-order valence-electron chi connectivity index (χ2n) is 10.1. The number of rotatable bonds is 15. The summed E-state index contributed by atoms with van der Waals surface area (Å²) >= 11 is 0. The van der Waals surface area contributed by atoms with Crippen LogP contribution in [0.1, 0.15) is 37.5 Å². The minimum Gasteiger partial charge on any atom is -0.490 e. The first-order valence-electron chi connectivity index (χ1n) is 12.8. The number of allylic oxidation sites excluding steroid dienone is 1. The molecule has 0 aromatic heterocycles. The molecular formula is C33H40O4. The standard InChI is InChI=1S/C33H40O4/c1-6-30(35-23-28-18-12-8-13-19-28)32(36-24-29-20-14-9-15-21-29)31(37-26(2)33(3,4)5)25-34-22-27-16-10-7-11-17-27/h6-21,30-32H,1-2,22-25H2,3-5H3/t30-,31-,32+/m1/s1. The van der Waals surface area contributed by atoms with Gasteiger partial charge in [-0.1, -0.05) is 124 Å². The van der Waals surface area contributed by atoms with E-state index in [1.54, 1.807) is 6.08 Å². The maximum absolute atomic E-state index is 6.51. The second kappa shape index (κ2) is 14.5. The van der Waals surface area contributed by atoms with Crippen LogP contribution in [0.2, 0.25) is 0 Å². The third kappa shape index (κ3) is 9.66. The van der Waals surface area contributed by atoms with E-state index in [0.717, 1.165) is 16.7 Å². The Hall–Kier alpha value is -3.18. The molecule has 3 aromatic carbocycles. The highest BCUT2D eigenvalue weighted by molar-refractivity contribution is 5.15. The van der Waals surface area contributed by atoms with Gasteiger partial charge in [0.2, 0.25) is 0 Å². The monoisotopic (exact) mass is 500 g/mol. The Labute approximate surface area is 222 Å². The fourth-order valence-electron chi connectivity index (χ4n) is 3.67. The maximum Gasteiger partial charge on any atom is 0.150 e. The largest absolute Gasteiger partial charge is 0.490 e. The molecule has 3 rings (SSSR count). The highest BCUT2D eigenvalue weighted by Gasteiger charge is 2.34. The first kappa shape index (κ1) is 28.4. The summed E-state index contributed by atoms with van der Waals surface area (Å²) in [6, 6.07) is 30.3. The van der Waals surface area contributed by atoms with Crippen LogP contribution in [-0.2, 0) is 38.8 Å². The van der Waals surface area contributed by atoms with Crippen molar-refractivity contribution in [3.63, 3.8) is 0 Å². The van der Waals surface area contributed by atoms with Crippen molar-refractivity contribution in [2.75, 3.05) is 6.61 Å². The number of benzene rings is 3. The zero-order valence-corrected chi connectivity index (χ0v) is 22.3. The third-order valence-corrected chi connectivity index (χ3v) is 6.02. The van der Waals surface area contributed by atoms with E-state index in [1.807, 2.05) is 91.0 Å². The fraction of sp³-hybridized carbons (Fsp3) is 0.333. The molecule has 0 aliphatic carbocycles. The van der Waals surface area contributed by atoms with Crippen molar-refractivity contribution in [2.45, 2.75) is 58.9 Å². The van der Waals surface area contributed by atoms with Crippen molar-refractivity contribution >= 4 is 0 Å². The summed E-state index contributed by atoms with van der Waals surface area (Å²) in [5, 5.41) is 0. The van der Waals surface area contributed by atoms with Gasteiger partial charge in [0.25, 0.3) is 0 Å². The first-order valence-corrected chi connectivity index (χ1v) is 12.8. The average molecular weight is 501 g/mol. The highest BCUT2D eigenvalue weighted by atomic mass is 16.6. The average Bonchev–Trinajstić information content (AvgIpc) is 2.91. The minimum absolute atomic E-state index is 0.240. The Balaban J connectivity index is 1.82. The fourth-order valence-corrected chi connectivity index (χ4v) is 3.67. The van der Waals surface area contributed by atoms with Crippen LogP contribution < -0.4 is 0 Å². The van der Waals surface area contributed by atoms with E-state index in [4.69, 9.17) is 18.9 Å². The predicted molar refractivity (Wildman–Crippen MR) is 150 cm³/mol. The van der Waals surface area contributed by atoms with Gasteiger partial charge in [-0.2, -0.15) is 0 Å². The molecule has 0 fully saturated rings. The molecular weight excluding hydrogens is 460 g/mol. The molecule has 0 unspecified atom stereocenters. The highest BCUT2D eigenvalue weighted by Crippen LogP contribution is 2.28. The Morgan fingerprint density at radius 2 is 1.19 bits per heavy atom. The number of ether oxygens (including phenoxy) is 4. The normalized spacial score (nSPS) is 13.9. The maximum atomic E-state index is 6.51. The lowest BCUT2D eigenvalue weighted by molar-refractivity contribution is -0.145. The topological polar surface area (TPSA) is 36.9 Å². The van der Waals surface area contributed by atoms with Gasteiger partial charge in [0, 0.05) is 5.41 Å². The van der Waals surface area contributed by atoms with Gasteiger partial charge in [-0.15, -0.1) is 6.58 Å². The predicted octanol–water partition coefficient (Wildman–Crippen LogP) is 7.51. The van der Waals surface area contributed by atoms with Gasteiger partial charge in [0.1, 0.15) is 12.2 Å². The zero-order valence-electron chi connectivity index (χ0n) is 22.3. The van der Waals surface area contributed by atoms with Crippen LogP contribution in [0.4, 0.5) is 0 Å². The molecule has 0 saturated carbocycles. The minimum atomic E-state index is -0.476. The van der Waals surface area contributed by atoms with Crippen LogP contribution >= 0.6 is 0 Å². The smallest absolute Gasteiger partial charge is 0.150 e. The SMILES string of the molecule is C=C[C@@H](OCc1ccccc1)[C@H](OCc1ccccc1)[C@@H](COCc1ccccc1)OC(=C)C(C)(C)C. The summed E-state index contributed by atoms with van der Waals surface area (Å²) in [5.41, 5.74) is 3.00. The van der Waals surface area contributed by atoms with Gasteiger partial charge >= 0.3 is 0 Å². The van der Waals surface area contributed by atoms with E-state index in [1.165, 1.54) is 0 Å². The molecule has 0 aliphatic rings. The molecule has 0 bridgehead atoms. The molecule has 0 heterocycles. The second-order valence-corrected chi connectivity index (χ2v) is 10.1. The summed E-state index contributed by atoms with van der Waals surface area (Å²) < 4.78 is 25.5. The first-order chi connectivity index (χ1) is 17.9. The van der Waals surface area contributed by atoms with Crippen LogP contribution in [0, 0.1) is 5.41 Å². The summed E-state index contributed by atoms with van der Waals surface area (Å²) in [4.78, 5) is 0. The van der Waals surface area contributed by atoms with Crippen LogP contribution in [0.5, 0.6) is 0 Å². The van der Waals surface area contributed by atoms with Gasteiger partial charge in [-0.05, 0) is 16.7 Å². The van der Waals surface area contributed by atoms with E-state index in [-0.39, 0.29) is 5.41 Å². The van der Waals surface area contributed by atoms with E-state index in [2.05, 4.69) is 33.9 Å². The van der Waals surface area contributed by atoms with Crippen LogP contribution in [0.3, 0.4) is 0 Å². The summed E-state index contributed by atoms with van der Waals surface area (Å²) in [6.07, 6.45) is 0.419. The molecule has 0 saturated heterocycles. The lowest BCUT2D eigenvalue weighted by atomic mass is 9.94. The molecule has 0 spiro atoms. The summed E-state index contributed by atoms with van der Waals surface area (Å²) in [7, 11) is 0. The van der Waals surface area contributed by atoms with Gasteiger partial charge in [-0.3, -0.25) is 0 Å². The van der Waals surface area contributed by atoms with E-state index >= 15 is 0 Å². The van der Waals surface area contributed by atoms with Crippen molar-refractivity contribution in [1.82, 2.24) is 0 Å². The molecule has 196 valence electrons. The quantitative estimate of drug-likeness (QED) is 0.160. The lowest BCUT2D eigenvalue weighted by Gasteiger charge is -2.35. The number of hydrogen-bond donors (Lipinski definition) is 0. The van der Waals surface area contributed by atoms with Crippen LogP contribution in [-0.4, -0.2) is 24.9 Å².